The molecule has 5 heteroatoms. The molecule has 2 heterocycles. The maximum atomic E-state index is 12.2. The smallest absolute Gasteiger partial charge is 0.251 e. The Labute approximate surface area is 143 Å². The first-order chi connectivity index (χ1) is 11.7. The predicted molar refractivity (Wildman–Crippen MR) is 95.9 cm³/mol. The number of carbonyl (C=O) groups is 1. The van der Waals surface area contributed by atoms with E-state index in [0.717, 1.165) is 38.3 Å². The van der Waals surface area contributed by atoms with Gasteiger partial charge in [-0.3, -0.25) is 14.7 Å². The number of carbonyl (C=O) groups excluding carboxylic acids is 1. The van der Waals surface area contributed by atoms with E-state index >= 15 is 0 Å². The van der Waals surface area contributed by atoms with Crippen molar-refractivity contribution < 1.29 is 4.79 Å². The Morgan fingerprint density at radius 3 is 2.67 bits per heavy atom. The number of aromatic nitrogens is 1. The van der Waals surface area contributed by atoms with E-state index in [2.05, 4.69) is 32.7 Å². The number of pyridine rings is 1. The lowest BCUT2D eigenvalue weighted by Gasteiger charge is -2.16. The van der Waals surface area contributed by atoms with E-state index < -0.39 is 0 Å². The quantitative estimate of drug-likeness (QED) is 0.856. The molecule has 0 radical (unpaired) electrons. The highest BCUT2D eigenvalue weighted by Gasteiger charge is 2.22. The fraction of sp³-hybridized carbons (Fsp3) is 0.368. The van der Waals surface area contributed by atoms with Gasteiger partial charge in [0.2, 0.25) is 0 Å². The third kappa shape index (κ3) is 4.32. The summed E-state index contributed by atoms with van der Waals surface area (Å²) in [5.74, 6) is 0.526. The van der Waals surface area contributed by atoms with Crippen molar-refractivity contribution in [2.24, 2.45) is 5.92 Å². The molecule has 1 aromatic carbocycles. The molecule has 5 nitrogen and oxygen atoms in total. The summed E-state index contributed by atoms with van der Waals surface area (Å²) in [6.45, 7) is 3.80. The summed E-state index contributed by atoms with van der Waals surface area (Å²) in [4.78, 5) is 18.7. The summed E-state index contributed by atoms with van der Waals surface area (Å²) < 4.78 is 0. The van der Waals surface area contributed by atoms with Crippen molar-refractivity contribution in [3.05, 3.63) is 59.9 Å². The predicted octanol–water partition coefficient (Wildman–Crippen LogP) is 2.38. The van der Waals surface area contributed by atoms with Crippen LogP contribution in [0.5, 0.6) is 0 Å². The van der Waals surface area contributed by atoms with Crippen LogP contribution in [0.4, 0.5) is 5.69 Å². The van der Waals surface area contributed by atoms with Crippen LogP contribution in [0.2, 0.25) is 0 Å². The molecular formula is C19H24N4O. The first kappa shape index (κ1) is 16.5. The van der Waals surface area contributed by atoms with E-state index in [1.807, 2.05) is 43.7 Å². The van der Waals surface area contributed by atoms with Gasteiger partial charge in [-0.05, 0) is 60.8 Å². The molecule has 1 fully saturated rings. The molecular weight excluding hydrogens is 300 g/mol. The highest BCUT2D eigenvalue weighted by molar-refractivity contribution is 5.94. The van der Waals surface area contributed by atoms with Gasteiger partial charge in [0.25, 0.3) is 5.91 Å². The molecule has 0 aliphatic carbocycles. The summed E-state index contributed by atoms with van der Waals surface area (Å²) >= 11 is 0. The molecule has 0 unspecified atom stereocenters. The average molecular weight is 324 g/mol. The van der Waals surface area contributed by atoms with Crippen molar-refractivity contribution in [3.63, 3.8) is 0 Å². The van der Waals surface area contributed by atoms with Crippen molar-refractivity contribution in [2.45, 2.75) is 13.0 Å². The molecule has 0 spiro atoms. The Balaban J connectivity index is 1.44. The van der Waals surface area contributed by atoms with Gasteiger partial charge in [0.15, 0.2) is 0 Å². The second kappa shape index (κ2) is 7.93. The average Bonchev–Trinajstić information content (AvgIpc) is 3.08. The van der Waals surface area contributed by atoms with E-state index in [0.29, 0.717) is 11.5 Å². The number of rotatable bonds is 6. The van der Waals surface area contributed by atoms with Crippen LogP contribution < -0.4 is 10.6 Å². The second-order valence-corrected chi connectivity index (χ2v) is 6.28. The standard InChI is InChI=1S/C19H24N4O/c1-20-18-4-2-17(3-5-18)19(24)22-12-16-8-11-23(14-16)13-15-6-9-21-10-7-15/h2-7,9-10,16,20H,8,11-14H2,1H3,(H,22,24)/t16-/m0/s1. The first-order valence-electron chi connectivity index (χ1n) is 8.42. The summed E-state index contributed by atoms with van der Waals surface area (Å²) in [7, 11) is 1.87. The number of hydrogen-bond acceptors (Lipinski definition) is 4. The lowest BCUT2D eigenvalue weighted by Crippen LogP contribution is -2.30. The highest BCUT2D eigenvalue weighted by atomic mass is 16.1. The number of likely N-dealkylation sites (tertiary alicyclic amines) is 1. The van der Waals surface area contributed by atoms with E-state index in [1.165, 1.54) is 5.56 Å². The SMILES string of the molecule is CNc1ccc(C(=O)NC[C@@H]2CCN(Cc3ccncc3)C2)cc1. The fourth-order valence-electron chi connectivity index (χ4n) is 3.10. The minimum atomic E-state index is 0.00485. The lowest BCUT2D eigenvalue weighted by atomic mass is 10.1. The zero-order valence-corrected chi connectivity index (χ0v) is 14.0. The van der Waals surface area contributed by atoms with Crippen LogP contribution in [0.25, 0.3) is 0 Å². The van der Waals surface area contributed by atoms with Gasteiger partial charge in [-0.25, -0.2) is 0 Å². The Morgan fingerprint density at radius 2 is 1.96 bits per heavy atom. The monoisotopic (exact) mass is 324 g/mol. The molecule has 1 amide bonds. The molecule has 1 atom stereocenters. The molecule has 2 aromatic rings. The Hall–Kier alpha value is -2.40. The van der Waals surface area contributed by atoms with Crippen LogP contribution in [0, 0.1) is 5.92 Å². The number of amides is 1. The molecule has 24 heavy (non-hydrogen) atoms. The van der Waals surface area contributed by atoms with E-state index in [4.69, 9.17) is 0 Å². The van der Waals surface area contributed by atoms with Crippen molar-refractivity contribution in [3.8, 4) is 0 Å². The summed E-state index contributed by atoms with van der Waals surface area (Å²) in [5.41, 5.74) is 3.01. The number of nitrogens with zero attached hydrogens (tertiary/aromatic N) is 2. The Bertz CT molecular complexity index is 657. The van der Waals surface area contributed by atoms with Gasteiger partial charge in [-0.1, -0.05) is 0 Å². The Kier molecular flexibility index (Phi) is 5.43. The van der Waals surface area contributed by atoms with Crippen LogP contribution in [0.1, 0.15) is 22.3 Å². The molecule has 0 saturated carbocycles. The normalized spacial score (nSPS) is 17.6. The number of anilines is 1. The maximum Gasteiger partial charge on any atom is 0.251 e. The van der Waals surface area contributed by atoms with Crippen molar-refractivity contribution >= 4 is 11.6 Å². The molecule has 1 aromatic heterocycles. The molecule has 1 saturated heterocycles. The molecule has 2 N–H and O–H groups in total. The van der Waals surface area contributed by atoms with Crippen molar-refractivity contribution in [1.29, 1.82) is 0 Å². The first-order valence-corrected chi connectivity index (χ1v) is 8.42. The van der Waals surface area contributed by atoms with Gasteiger partial charge in [0.1, 0.15) is 0 Å². The summed E-state index contributed by atoms with van der Waals surface area (Å²) in [6.07, 6.45) is 4.80. The van der Waals surface area contributed by atoms with Gasteiger partial charge in [0.05, 0.1) is 0 Å². The van der Waals surface area contributed by atoms with Crippen LogP contribution in [0.3, 0.4) is 0 Å². The maximum absolute atomic E-state index is 12.2. The van der Waals surface area contributed by atoms with Crippen LogP contribution in [-0.4, -0.2) is 42.5 Å². The van der Waals surface area contributed by atoms with Gasteiger partial charge < -0.3 is 10.6 Å². The fourth-order valence-corrected chi connectivity index (χ4v) is 3.10. The molecule has 3 rings (SSSR count). The molecule has 0 bridgehead atoms. The molecule has 1 aliphatic heterocycles. The summed E-state index contributed by atoms with van der Waals surface area (Å²) in [6, 6.07) is 11.7. The number of hydrogen-bond donors (Lipinski definition) is 2. The minimum absolute atomic E-state index is 0.00485. The van der Waals surface area contributed by atoms with Crippen LogP contribution in [0.15, 0.2) is 48.8 Å². The van der Waals surface area contributed by atoms with Gasteiger partial charge in [-0.2, -0.15) is 0 Å². The number of benzene rings is 1. The van der Waals surface area contributed by atoms with Crippen molar-refractivity contribution in [2.75, 3.05) is 32.0 Å². The second-order valence-electron chi connectivity index (χ2n) is 6.28. The zero-order chi connectivity index (χ0) is 16.8. The highest BCUT2D eigenvalue weighted by Crippen LogP contribution is 2.18. The van der Waals surface area contributed by atoms with E-state index in [9.17, 15) is 4.79 Å². The minimum Gasteiger partial charge on any atom is -0.388 e. The number of nitrogens with one attached hydrogen (secondary N) is 2. The topological polar surface area (TPSA) is 57.3 Å². The molecule has 1 aliphatic rings. The zero-order valence-electron chi connectivity index (χ0n) is 14.0. The van der Waals surface area contributed by atoms with Crippen LogP contribution >= 0.6 is 0 Å². The van der Waals surface area contributed by atoms with Gasteiger partial charge >= 0.3 is 0 Å². The van der Waals surface area contributed by atoms with Gasteiger partial charge in [-0.15, -0.1) is 0 Å². The Morgan fingerprint density at radius 1 is 1.21 bits per heavy atom. The van der Waals surface area contributed by atoms with E-state index in [-0.39, 0.29) is 5.91 Å². The largest absolute Gasteiger partial charge is 0.388 e. The third-order valence-corrected chi connectivity index (χ3v) is 4.51. The van der Waals surface area contributed by atoms with Crippen LogP contribution in [-0.2, 0) is 6.54 Å². The lowest BCUT2D eigenvalue weighted by molar-refractivity contribution is 0.0947. The molecule has 126 valence electrons. The van der Waals surface area contributed by atoms with Gasteiger partial charge in [0, 0.05) is 50.3 Å². The van der Waals surface area contributed by atoms with E-state index in [1.54, 1.807) is 0 Å². The van der Waals surface area contributed by atoms with Crippen molar-refractivity contribution in [1.82, 2.24) is 15.2 Å². The third-order valence-electron chi connectivity index (χ3n) is 4.51. The summed E-state index contributed by atoms with van der Waals surface area (Å²) in [5, 5.41) is 6.12.